The van der Waals surface area contributed by atoms with Crippen molar-refractivity contribution < 1.29 is 4.79 Å². The van der Waals surface area contributed by atoms with Gasteiger partial charge >= 0.3 is 0 Å². The van der Waals surface area contributed by atoms with E-state index < -0.39 is 0 Å². The number of aromatic nitrogens is 2. The summed E-state index contributed by atoms with van der Waals surface area (Å²) in [6, 6.07) is 13.9. The average Bonchev–Trinajstić information content (AvgIpc) is 3.40. The van der Waals surface area contributed by atoms with Crippen molar-refractivity contribution in [2.45, 2.75) is 18.8 Å². The Bertz CT molecular complexity index is 915. The molecule has 0 saturated heterocycles. The molecule has 26 heavy (non-hydrogen) atoms. The van der Waals surface area contributed by atoms with Gasteiger partial charge in [-0.05, 0) is 42.4 Å². The van der Waals surface area contributed by atoms with Crippen molar-refractivity contribution in [2.75, 3.05) is 24.3 Å². The molecule has 1 saturated carbocycles. The van der Waals surface area contributed by atoms with Gasteiger partial charge in [-0.2, -0.15) is 4.37 Å². The standard InChI is InChI=1S/C20H20N4OS/c1-24(2)16-11-10-15(12-21-16)22-20(25)19-17(13-8-9-13)18(23-26-19)14-6-4-3-5-7-14/h3-7,10-13H,8-9H2,1-2H3,(H,22,25). The number of nitrogens with one attached hydrogen (secondary N) is 1. The number of carbonyl (C=O) groups excluding carboxylic acids is 1. The third kappa shape index (κ3) is 3.32. The maximum Gasteiger partial charge on any atom is 0.267 e. The van der Waals surface area contributed by atoms with Crippen LogP contribution in [0.25, 0.3) is 11.3 Å². The third-order valence-corrected chi connectivity index (χ3v) is 5.29. The number of hydrogen-bond donors (Lipinski definition) is 1. The molecule has 0 spiro atoms. The molecular weight excluding hydrogens is 344 g/mol. The zero-order valence-corrected chi connectivity index (χ0v) is 15.6. The monoisotopic (exact) mass is 364 g/mol. The highest BCUT2D eigenvalue weighted by Gasteiger charge is 2.33. The predicted octanol–water partition coefficient (Wildman–Crippen LogP) is 4.40. The smallest absolute Gasteiger partial charge is 0.267 e. The summed E-state index contributed by atoms with van der Waals surface area (Å²) < 4.78 is 4.61. The van der Waals surface area contributed by atoms with Crippen molar-refractivity contribution in [3.8, 4) is 11.3 Å². The molecule has 1 fully saturated rings. The molecule has 1 amide bonds. The molecule has 0 atom stereocenters. The molecule has 132 valence electrons. The van der Waals surface area contributed by atoms with E-state index in [1.807, 2.05) is 61.5 Å². The largest absolute Gasteiger partial charge is 0.363 e. The Kier molecular flexibility index (Phi) is 4.42. The van der Waals surface area contributed by atoms with E-state index in [9.17, 15) is 4.79 Å². The molecular formula is C20H20N4OS. The average molecular weight is 364 g/mol. The number of rotatable bonds is 5. The van der Waals surface area contributed by atoms with Crippen molar-refractivity contribution in [3.63, 3.8) is 0 Å². The van der Waals surface area contributed by atoms with E-state index in [1.165, 1.54) is 11.5 Å². The molecule has 1 aliphatic carbocycles. The summed E-state index contributed by atoms with van der Waals surface area (Å²) >= 11 is 1.28. The fourth-order valence-electron chi connectivity index (χ4n) is 2.93. The van der Waals surface area contributed by atoms with Crippen molar-refractivity contribution in [1.29, 1.82) is 0 Å². The zero-order chi connectivity index (χ0) is 18.1. The summed E-state index contributed by atoms with van der Waals surface area (Å²) in [7, 11) is 3.87. The van der Waals surface area contributed by atoms with E-state index in [0.717, 1.165) is 35.5 Å². The van der Waals surface area contributed by atoms with Gasteiger partial charge in [-0.25, -0.2) is 4.98 Å². The molecule has 0 radical (unpaired) electrons. The van der Waals surface area contributed by atoms with Crippen molar-refractivity contribution in [1.82, 2.24) is 9.36 Å². The molecule has 2 aromatic heterocycles. The fraction of sp³-hybridized carbons (Fsp3) is 0.250. The second kappa shape index (κ2) is 6.88. The minimum atomic E-state index is -0.106. The molecule has 5 nitrogen and oxygen atoms in total. The van der Waals surface area contributed by atoms with E-state index >= 15 is 0 Å². The number of amides is 1. The molecule has 0 unspecified atom stereocenters. The highest BCUT2D eigenvalue weighted by atomic mass is 32.1. The second-order valence-electron chi connectivity index (χ2n) is 6.67. The maximum absolute atomic E-state index is 12.9. The van der Waals surface area contributed by atoms with Gasteiger partial charge in [-0.15, -0.1) is 0 Å². The highest BCUT2D eigenvalue weighted by Crippen LogP contribution is 2.47. The van der Waals surface area contributed by atoms with Crippen LogP contribution in [0, 0.1) is 0 Å². The molecule has 2 heterocycles. The van der Waals surface area contributed by atoms with Gasteiger partial charge in [-0.3, -0.25) is 4.79 Å². The van der Waals surface area contributed by atoms with E-state index in [2.05, 4.69) is 14.7 Å². The van der Waals surface area contributed by atoms with E-state index in [1.54, 1.807) is 6.20 Å². The first kappa shape index (κ1) is 16.7. The molecule has 1 N–H and O–H groups in total. The number of hydrogen-bond acceptors (Lipinski definition) is 5. The lowest BCUT2D eigenvalue weighted by Gasteiger charge is -2.11. The number of anilines is 2. The van der Waals surface area contributed by atoms with Gasteiger partial charge in [0.1, 0.15) is 10.7 Å². The van der Waals surface area contributed by atoms with E-state index in [0.29, 0.717) is 16.5 Å². The molecule has 0 bridgehead atoms. The minimum absolute atomic E-state index is 0.106. The van der Waals surface area contributed by atoms with Gasteiger partial charge < -0.3 is 10.2 Å². The van der Waals surface area contributed by atoms with Gasteiger partial charge in [0, 0.05) is 25.2 Å². The quantitative estimate of drug-likeness (QED) is 0.729. The molecule has 6 heteroatoms. The highest BCUT2D eigenvalue weighted by molar-refractivity contribution is 7.08. The maximum atomic E-state index is 12.9. The Hall–Kier alpha value is -2.73. The Morgan fingerprint density at radius 1 is 1.15 bits per heavy atom. The Morgan fingerprint density at radius 3 is 2.54 bits per heavy atom. The molecule has 0 aliphatic heterocycles. The number of benzene rings is 1. The van der Waals surface area contributed by atoms with Crippen LogP contribution in [-0.4, -0.2) is 29.4 Å². The van der Waals surface area contributed by atoms with Crippen molar-refractivity contribution in [2.24, 2.45) is 0 Å². The van der Waals surface area contributed by atoms with Crippen LogP contribution in [0.2, 0.25) is 0 Å². The van der Waals surface area contributed by atoms with Gasteiger partial charge in [0.15, 0.2) is 0 Å². The van der Waals surface area contributed by atoms with E-state index in [-0.39, 0.29) is 5.91 Å². The lowest BCUT2D eigenvalue weighted by molar-refractivity contribution is 0.102. The lowest BCUT2D eigenvalue weighted by atomic mass is 10.0. The topological polar surface area (TPSA) is 58.1 Å². The Balaban J connectivity index is 1.61. The first-order valence-corrected chi connectivity index (χ1v) is 9.40. The number of pyridine rings is 1. The van der Waals surface area contributed by atoms with Gasteiger partial charge in [-0.1, -0.05) is 30.3 Å². The first-order valence-electron chi connectivity index (χ1n) is 8.63. The Morgan fingerprint density at radius 2 is 1.92 bits per heavy atom. The van der Waals surface area contributed by atoms with Crippen LogP contribution < -0.4 is 10.2 Å². The summed E-state index contributed by atoms with van der Waals surface area (Å²) in [5.74, 6) is 1.19. The first-order chi connectivity index (χ1) is 12.6. The summed E-state index contributed by atoms with van der Waals surface area (Å²) in [6.07, 6.45) is 3.93. The summed E-state index contributed by atoms with van der Waals surface area (Å²) in [5, 5.41) is 2.96. The van der Waals surface area contributed by atoms with Crippen LogP contribution >= 0.6 is 11.5 Å². The number of nitrogens with zero attached hydrogens (tertiary/aromatic N) is 3. The van der Waals surface area contributed by atoms with Crippen LogP contribution in [0.4, 0.5) is 11.5 Å². The van der Waals surface area contributed by atoms with Crippen LogP contribution in [0.3, 0.4) is 0 Å². The van der Waals surface area contributed by atoms with Gasteiger partial charge in [0.05, 0.1) is 17.6 Å². The van der Waals surface area contributed by atoms with Crippen LogP contribution in [0.1, 0.15) is 34.0 Å². The fourth-order valence-corrected chi connectivity index (χ4v) is 3.81. The molecule has 1 aromatic carbocycles. The van der Waals surface area contributed by atoms with Crippen LogP contribution in [0.15, 0.2) is 48.7 Å². The van der Waals surface area contributed by atoms with Gasteiger partial charge in [0.25, 0.3) is 5.91 Å². The number of carbonyl (C=O) groups is 1. The minimum Gasteiger partial charge on any atom is -0.363 e. The van der Waals surface area contributed by atoms with Crippen molar-refractivity contribution >= 4 is 28.9 Å². The van der Waals surface area contributed by atoms with Crippen LogP contribution in [-0.2, 0) is 0 Å². The molecule has 1 aliphatic rings. The summed E-state index contributed by atoms with van der Waals surface area (Å²) in [5.41, 5.74) is 3.81. The second-order valence-corrected chi connectivity index (χ2v) is 7.44. The normalized spacial score (nSPS) is 13.5. The van der Waals surface area contributed by atoms with E-state index in [4.69, 9.17) is 0 Å². The van der Waals surface area contributed by atoms with Crippen molar-refractivity contribution in [3.05, 3.63) is 59.1 Å². The summed E-state index contributed by atoms with van der Waals surface area (Å²) in [6.45, 7) is 0. The predicted molar refractivity (Wildman–Crippen MR) is 106 cm³/mol. The third-order valence-electron chi connectivity index (χ3n) is 4.43. The Labute approximate surface area is 156 Å². The molecule has 4 rings (SSSR count). The SMILES string of the molecule is CN(C)c1ccc(NC(=O)c2snc(-c3ccccc3)c2C2CC2)cn1. The summed E-state index contributed by atoms with van der Waals surface area (Å²) in [4.78, 5) is 19.8. The molecule has 3 aromatic rings. The lowest BCUT2D eigenvalue weighted by Crippen LogP contribution is -2.14. The zero-order valence-electron chi connectivity index (χ0n) is 14.8. The van der Waals surface area contributed by atoms with Gasteiger partial charge in [0.2, 0.25) is 0 Å². The van der Waals surface area contributed by atoms with Crippen LogP contribution in [0.5, 0.6) is 0 Å².